The Morgan fingerprint density at radius 3 is 2.80 bits per heavy atom. The summed E-state index contributed by atoms with van der Waals surface area (Å²) in [4.78, 5) is 12.3. The third kappa shape index (κ3) is 3.81. The fraction of sp³-hybridized carbons (Fsp3) is 0.455. The van der Waals surface area contributed by atoms with Crippen LogP contribution < -0.4 is 5.73 Å². The van der Waals surface area contributed by atoms with Crippen LogP contribution in [-0.4, -0.2) is 40.5 Å². The lowest BCUT2D eigenvalue weighted by Gasteiger charge is -2.04. The summed E-state index contributed by atoms with van der Waals surface area (Å²) >= 11 is 0. The SMILES string of the molecule is Cc1nccc(-c2noc(C(N)CCS(C)(=O)=O)n2)n1. The molecular formula is C11H15N5O3S. The first-order chi connectivity index (χ1) is 9.35. The molecule has 2 heterocycles. The Kier molecular flexibility index (Phi) is 4.09. The zero-order valence-corrected chi connectivity index (χ0v) is 12.0. The van der Waals surface area contributed by atoms with Crippen LogP contribution in [0.25, 0.3) is 11.5 Å². The minimum absolute atomic E-state index is 0.0293. The Hall–Kier alpha value is -1.87. The summed E-state index contributed by atoms with van der Waals surface area (Å²) in [6, 6.07) is 1.04. The van der Waals surface area contributed by atoms with Crippen LogP contribution in [0.3, 0.4) is 0 Å². The summed E-state index contributed by atoms with van der Waals surface area (Å²) in [6.45, 7) is 1.75. The molecule has 1 unspecified atom stereocenters. The first kappa shape index (κ1) is 14.5. The van der Waals surface area contributed by atoms with Gasteiger partial charge in [-0.2, -0.15) is 4.98 Å². The van der Waals surface area contributed by atoms with E-state index in [4.69, 9.17) is 10.3 Å². The van der Waals surface area contributed by atoms with E-state index in [-0.39, 0.29) is 18.1 Å². The second-order valence-corrected chi connectivity index (χ2v) is 6.73. The molecule has 108 valence electrons. The van der Waals surface area contributed by atoms with Gasteiger partial charge in [-0.1, -0.05) is 5.16 Å². The Balaban J connectivity index is 2.12. The molecule has 0 saturated carbocycles. The number of aryl methyl sites for hydroxylation is 1. The van der Waals surface area contributed by atoms with E-state index in [2.05, 4.69) is 20.1 Å². The first-order valence-corrected chi connectivity index (χ1v) is 7.98. The molecule has 2 aromatic rings. The van der Waals surface area contributed by atoms with E-state index < -0.39 is 15.9 Å². The molecule has 0 radical (unpaired) electrons. The molecule has 0 spiro atoms. The summed E-state index contributed by atoms with van der Waals surface area (Å²) in [5.74, 6) is 1.06. The van der Waals surface area contributed by atoms with Crippen LogP contribution in [-0.2, 0) is 9.84 Å². The molecule has 0 saturated heterocycles. The van der Waals surface area contributed by atoms with E-state index in [9.17, 15) is 8.42 Å². The van der Waals surface area contributed by atoms with Gasteiger partial charge >= 0.3 is 0 Å². The fourth-order valence-electron chi connectivity index (χ4n) is 1.54. The van der Waals surface area contributed by atoms with Crippen LogP contribution in [0.4, 0.5) is 0 Å². The molecule has 8 nitrogen and oxygen atoms in total. The van der Waals surface area contributed by atoms with Crippen molar-refractivity contribution in [2.45, 2.75) is 19.4 Å². The van der Waals surface area contributed by atoms with E-state index in [0.29, 0.717) is 17.3 Å². The number of aromatic nitrogens is 4. The average molecular weight is 297 g/mol. The van der Waals surface area contributed by atoms with E-state index >= 15 is 0 Å². The Morgan fingerprint density at radius 1 is 1.40 bits per heavy atom. The molecular weight excluding hydrogens is 282 g/mol. The van der Waals surface area contributed by atoms with Gasteiger partial charge in [-0.05, 0) is 19.4 Å². The van der Waals surface area contributed by atoms with Crippen molar-refractivity contribution < 1.29 is 12.9 Å². The number of nitrogens with two attached hydrogens (primary N) is 1. The first-order valence-electron chi connectivity index (χ1n) is 5.92. The molecule has 2 aromatic heterocycles. The summed E-state index contributed by atoms with van der Waals surface area (Å²) in [6.07, 6.45) is 2.98. The second-order valence-electron chi connectivity index (χ2n) is 4.47. The van der Waals surface area contributed by atoms with Crippen molar-refractivity contribution in [1.82, 2.24) is 20.1 Å². The standard InChI is InChI=1S/C11H15N5O3S/c1-7-13-5-3-9(14-7)10-15-11(19-16-10)8(12)4-6-20(2,17)18/h3,5,8H,4,6,12H2,1-2H3. The zero-order chi connectivity index (χ0) is 14.8. The Bertz CT molecular complexity index is 698. The number of hydrogen-bond acceptors (Lipinski definition) is 8. The lowest BCUT2D eigenvalue weighted by atomic mass is 10.2. The van der Waals surface area contributed by atoms with Crippen molar-refractivity contribution >= 4 is 9.84 Å². The number of hydrogen-bond donors (Lipinski definition) is 1. The van der Waals surface area contributed by atoms with Crippen molar-refractivity contribution in [3.05, 3.63) is 24.0 Å². The third-order valence-electron chi connectivity index (χ3n) is 2.56. The van der Waals surface area contributed by atoms with Crippen LogP contribution in [0.5, 0.6) is 0 Å². The van der Waals surface area contributed by atoms with Gasteiger partial charge in [-0.25, -0.2) is 18.4 Å². The molecule has 0 aliphatic heterocycles. The summed E-state index contributed by atoms with van der Waals surface area (Å²) in [5, 5.41) is 3.79. The van der Waals surface area contributed by atoms with Gasteiger partial charge < -0.3 is 10.3 Å². The van der Waals surface area contributed by atoms with Crippen molar-refractivity contribution in [1.29, 1.82) is 0 Å². The highest BCUT2D eigenvalue weighted by atomic mass is 32.2. The van der Waals surface area contributed by atoms with Gasteiger partial charge in [-0.3, -0.25) is 0 Å². The quantitative estimate of drug-likeness (QED) is 0.833. The predicted octanol–water partition coefficient (Wildman–Crippen LogP) is 0.270. The maximum atomic E-state index is 11.1. The van der Waals surface area contributed by atoms with Crippen molar-refractivity contribution in [2.75, 3.05) is 12.0 Å². The molecule has 2 rings (SSSR count). The van der Waals surface area contributed by atoms with E-state index in [1.165, 1.54) is 0 Å². The largest absolute Gasteiger partial charge is 0.337 e. The average Bonchev–Trinajstić information content (AvgIpc) is 2.84. The van der Waals surface area contributed by atoms with Gasteiger partial charge in [-0.15, -0.1) is 0 Å². The monoisotopic (exact) mass is 297 g/mol. The van der Waals surface area contributed by atoms with Crippen molar-refractivity contribution in [3.63, 3.8) is 0 Å². The lowest BCUT2D eigenvalue weighted by Crippen LogP contribution is -2.16. The van der Waals surface area contributed by atoms with Crippen LogP contribution in [0, 0.1) is 6.92 Å². The van der Waals surface area contributed by atoms with Crippen LogP contribution in [0.15, 0.2) is 16.8 Å². The number of nitrogens with zero attached hydrogens (tertiary/aromatic N) is 4. The number of rotatable bonds is 5. The minimum atomic E-state index is -3.07. The number of sulfone groups is 1. The lowest BCUT2D eigenvalue weighted by molar-refractivity contribution is 0.352. The Labute approximate surface area is 116 Å². The van der Waals surface area contributed by atoms with Crippen molar-refractivity contribution in [3.8, 4) is 11.5 Å². The van der Waals surface area contributed by atoms with E-state index in [1.807, 2.05) is 0 Å². The molecule has 1 atom stereocenters. The maximum absolute atomic E-state index is 11.1. The van der Waals surface area contributed by atoms with Gasteiger partial charge in [0, 0.05) is 12.5 Å². The zero-order valence-electron chi connectivity index (χ0n) is 11.1. The topological polar surface area (TPSA) is 125 Å². The van der Waals surface area contributed by atoms with Crippen molar-refractivity contribution in [2.24, 2.45) is 5.73 Å². The molecule has 0 aromatic carbocycles. The molecule has 20 heavy (non-hydrogen) atoms. The highest BCUT2D eigenvalue weighted by Gasteiger charge is 2.18. The second kappa shape index (κ2) is 5.63. The molecule has 9 heteroatoms. The molecule has 2 N–H and O–H groups in total. The van der Waals surface area contributed by atoms with Gasteiger partial charge in [0.05, 0.1) is 11.8 Å². The molecule has 0 amide bonds. The van der Waals surface area contributed by atoms with Gasteiger partial charge in [0.15, 0.2) is 0 Å². The molecule has 0 aliphatic carbocycles. The smallest absolute Gasteiger partial charge is 0.243 e. The highest BCUT2D eigenvalue weighted by molar-refractivity contribution is 7.90. The van der Waals surface area contributed by atoms with Crippen LogP contribution in [0.2, 0.25) is 0 Å². The van der Waals surface area contributed by atoms with Crippen LogP contribution in [0.1, 0.15) is 24.2 Å². The third-order valence-corrected chi connectivity index (χ3v) is 3.54. The Morgan fingerprint density at radius 2 is 2.15 bits per heavy atom. The van der Waals surface area contributed by atoms with Gasteiger partial charge in [0.2, 0.25) is 11.7 Å². The minimum Gasteiger partial charge on any atom is -0.337 e. The summed E-state index contributed by atoms with van der Waals surface area (Å²) < 4.78 is 27.2. The highest BCUT2D eigenvalue weighted by Crippen LogP contribution is 2.17. The normalized spacial score (nSPS) is 13.3. The van der Waals surface area contributed by atoms with Crippen LogP contribution >= 0.6 is 0 Å². The molecule has 0 bridgehead atoms. The van der Waals surface area contributed by atoms with E-state index in [0.717, 1.165) is 6.26 Å². The summed E-state index contributed by atoms with van der Waals surface area (Å²) in [5.41, 5.74) is 6.36. The van der Waals surface area contributed by atoms with E-state index in [1.54, 1.807) is 19.2 Å². The maximum Gasteiger partial charge on any atom is 0.243 e. The van der Waals surface area contributed by atoms with Gasteiger partial charge in [0.25, 0.3) is 0 Å². The van der Waals surface area contributed by atoms with Gasteiger partial charge in [0.1, 0.15) is 21.4 Å². The fourth-order valence-corrected chi connectivity index (χ4v) is 2.22. The predicted molar refractivity (Wildman–Crippen MR) is 71.3 cm³/mol. The summed E-state index contributed by atoms with van der Waals surface area (Å²) in [7, 11) is -3.07. The molecule has 0 fully saturated rings. The molecule has 0 aliphatic rings.